The van der Waals surface area contributed by atoms with Crippen molar-refractivity contribution in [1.82, 2.24) is 4.48 Å². The normalized spacial score (nSPS) is 14.7. The molecule has 4 aliphatic rings. The number of thiophene rings is 1. The standard InChI is InChI=1S/C52H29BN2SSi/c1-2-14-31-28-41-37(27-30(31)13-1)35-18-11-19-36-48-49-42(29-38-32-15-3-7-22-43(32)56-52(38)48)54-40-21-6-10-25-46(40)57(44-23-8-4-16-33(44)34-17-5-9-24-45(34)57)47-26-12-20-39(51(47)54)53(49)55(41)50(35)36/h1-29H. The predicted octanol–water partition coefficient (Wildman–Crippen LogP) is 9.40. The molecule has 0 unspecified atom stereocenters. The summed E-state index contributed by atoms with van der Waals surface area (Å²) in [6.07, 6.45) is 0. The number of benzene rings is 9. The number of rotatable bonds is 0. The summed E-state index contributed by atoms with van der Waals surface area (Å²) in [6, 6.07) is 67.9. The third-order valence-electron chi connectivity index (χ3n) is 13.9. The highest BCUT2D eigenvalue weighted by Crippen LogP contribution is 2.51. The fourth-order valence-electron chi connectivity index (χ4n) is 11.9. The van der Waals surface area contributed by atoms with E-state index < -0.39 is 8.07 Å². The van der Waals surface area contributed by atoms with Crippen molar-refractivity contribution in [2.45, 2.75) is 0 Å². The number of hydrogen-bond acceptors (Lipinski definition) is 2. The summed E-state index contributed by atoms with van der Waals surface area (Å²) in [4.78, 5) is 2.70. The molecule has 1 spiro atoms. The van der Waals surface area contributed by atoms with E-state index in [9.17, 15) is 0 Å². The Labute approximate surface area is 333 Å². The first-order chi connectivity index (χ1) is 28.3. The molecule has 11 aromatic rings. The van der Waals surface area contributed by atoms with Crippen LogP contribution in [0.4, 0.5) is 17.1 Å². The second-order valence-electron chi connectivity index (χ2n) is 16.3. The SMILES string of the molecule is c1ccc2c(c1)-c1ccccc1[Si]21c2ccccc2N2c3cc4c(sc5ccccc54)c4c3B(c3cccc1c32)n1c2cc3ccccc3cc2c2cccc-4c21. The second-order valence-corrected chi connectivity index (χ2v) is 21.0. The maximum Gasteiger partial charge on any atom is 0.333 e. The summed E-state index contributed by atoms with van der Waals surface area (Å²) in [6.45, 7) is -0.00456. The molecule has 0 atom stereocenters. The molecular weight excluding hydrogens is 724 g/mol. The van der Waals surface area contributed by atoms with E-state index in [1.807, 2.05) is 11.3 Å². The smallest absolute Gasteiger partial charge is 0.333 e. The zero-order chi connectivity index (χ0) is 36.7. The maximum absolute atomic E-state index is 2.76. The molecule has 0 saturated carbocycles. The van der Waals surface area contributed by atoms with Crippen molar-refractivity contribution in [2.75, 3.05) is 4.90 Å². The van der Waals surface area contributed by atoms with E-state index in [0.29, 0.717) is 0 Å². The number of aromatic nitrogens is 1. The highest BCUT2D eigenvalue weighted by Gasteiger charge is 2.56. The summed E-state index contributed by atoms with van der Waals surface area (Å²) < 4.78 is 5.48. The molecular formula is C52H29BN2SSi. The molecule has 0 bridgehead atoms. The zero-order valence-electron chi connectivity index (χ0n) is 30.6. The molecule has 0 fully saturated rings. The van der Waals surface area contributed by atoms with E-state index in [1.54, 1.807) is 0 Å². The van der Waals surface area contributed by atoms with Crippen LogP contribution in [0.2, 0.25) is 0 Å². The van der Waals surface area contributed by atoms with Gasteiger partial charge in [0.1, 0.15) is 0 Å². The minimum absolute atomic E-state index is 0.00456. The van der Waals surface area contributed by atoms with Crippen LogP contribution in [0.3, 0.4) is 0 Å². The van der Waals surface area contributed by atoms with E-state index in [0.717, 1.165) is 0 Å². The first kappa shape index (κ1) is 29.6. The van der Waals surface area contributed by atoms with Gasteiger partial charge in [-0.25, -0.2) is 0 Å². The monoisotopic (exact) mass is 752 g/mol. The fraction of sp³-hybridized carbons (Fsp3) is 0. The molecule has 0 radical (unpaired) electrons. The predicted molar refractivity (Wildman–Crippen MR) is 247 cm³/mol. The van der Waals surface area contributed by atoms with Crippen molar-refractivity contribution in [3.05, 3.63) is 176 Å². The van der Waals surface area contributed by atoms with E-state index in [1.165, 1.54) is 124 Å². The Hall–Kier alpha value is -6.66. The lowest BCUT2D eigenvalue weighted by atomic mass is 9.45. The van der Waals surface area contributed by atoms with Crippen LogP contribution in [0.5, 0.6) is 0 Å². The third kappa shape index (κ3) is 3.25. The van der Waals surface area contributed by atoms with Crippen LogP contribution in [0.25, 0.3) is 75.0 Å². The van der Waals surface area contributed by atoms with Crippen molar-refractivity contribution < 1.29 is 0 Å². The van der Waals surface area contributed by atoms with Gasteiger partial charge in [0.25, 0.3) is 0 Å². The van der Waals surface area contributed by atoms with Crippen LogP contribution < -0.4 is 36.6 Å². The molecule has 4 aliphatic heterocycles. The average Bonchev–Trinajstić information content (AvgIpc) is 3.90. The van der Waals surface area contributed by atoms with Gasteiger partial charge < -0.3 is 9.38 Å². The minimum atomic E-state index is -2.76. The Kier molecular flexibility index (Phi) is 5.20. The lowest BCUT2D eigenvalue weighted by Crippen LogP contribution is -2.77. The Morgan fingerprint density at radius 3 is 1.96 bits per heavy atom. The molecule has 57 heavy (non-hydrogen) atoms. The lowest BCUT2D eigenvalue weighted by molar-refractivity contribution is 1.27. The van der Waals surface area contributed by atoms with Gasteiger partial charge in [0, 0.05) is 70.2 Å². The van der Waals surface area contributed by atoms with Gasteiger partial charge in [-0.05, 0) is 83.9 Å². The summed E-state index contributed by atoms with van der Waals surface area (Å²) in [5, 5.41) is 13.9. The van der Waals surface area contributed by atoms with Crippen molar-refractivity contribution in [1.29, 1.82) is 0 Å². The Morgan fingerprint density at radius 2 is 1.12 bits per heavy atom. The molecule has 6 heterocycles. The maximum atomic E-state index is 2.75. The van der Waals surface area contributed by atoms with Crippen molar-refractivity contribution >= 4 is 128 Å². The molecule has 260 valence electrons. The summed E-state index contributed by atoms with van der Waals surface area (Å²) >= 11 is 1.96. The highest BCUT2D eigenvalue weighted by atomic mass is 32.1. The van der Waals surface area contributed by atoms with Gasteiger partial charge in [-0.1, -0.05) is 146 Å². The Bertz CT molecular complexity index is 3640. The number of nitrogens with zero attached hydrogens (tertiary/aromatic N) is 2. The molecule has 0 aliphatic carbocycles. The third-order valence-corrected chi connectivity index (χ3v) is 20.0. The number of hydrogen-bond donors (Lipinski definition) is 0. The minimum Gasteiger partial charge on any atom is -0.375 e. The summed E-state index contributed by atoms with van der Waals surface area (Å²) in [7, 11) is -2.76. The van der Waals surface area contributed by atoms with E-state index >= 15 is 0 Å². The van der Waals surface area contributed by atoms with Crippen LogP contribution in [0, 0.1) is 0 Å². The number of fused-ring (bicyclic) bond motifs is 21. The fourth-order valence-corrected chi connectivity index (χ4v) is 18.7. The van der Waals surface area contributed by atoms with E-state index in [2.05, 4.69) is 185 Å². The largest absolute Gasteiger partial charge is 0.375 e. The van der Waals surface area contributed by atoms with Gasteiger partial charge in [0.05, 0.1) is 0 Å². The van der Waals surface area contributed by atoms with Crippen LogP contribution in [-0.2, 0) is 0 Å². The molecule has 0 saturated heterocycles. The van der Waals surface area contributed by atoms with Gasteiger partial charge in [-0.15, -0.1) is 11.3 Å². The first-order valence-electron chi connectivity index (χ1n) is 20.0. The molecule has 0 amide bonds. The van der Waals surface area contributed by atoms with Gasteiger partial charge >= 0.3 is 6.85 Å². The highest BCUT2D eigenvalue weighted by molar-refractivity contribution is 7.27. The lowest BCUT2D eigenvalue weighted by Gasteiger charge is -2.49. The number of para-hydroxylation sites is 3. The van der Waals surface area contributed by atoms with Gasteiger partial charge in [-0.3, -0.25) is 0 Å². The van der Waals surface area contributed by atoms with E-state index in [-0.39, 0.29) is 6.85 Å². The molecule has 9 aromatic carbocycles. The molecule has 5 heteroatoms. The Balaban J connectivity index is 1.18. The topological polar surface area (TPSA) is 8.17 Å². The van der Waals surface area contributed by atoms with Crippen LogP contribution in [-0.4, -0.2) is 19.4 Å². The van der Waals surface area contributed by atoms with Crippen LogP contribution in [0.15, 0.2) is 176 Å². The average molecular weight is 753 g/mol. The Morgan fingerprint density at radius 1 is 0.474 bits per heavy atom. The number of anilines is 3. The second kappa shape index (κ2) is 10.0. The quantitative estimate of drug-likeness (QED) is 0.140. The molecule has 2 nitrogen and oxygen atoms in total. The molecule has 15 rings (SSSR count). The summed E-state index contributed by atoms with van der Waals surface area (Å²) in [5.74, 6) is 0. The molecule has 0 N–H and O–H groups in total. The van der Waals surface area contributed by atoms with Crippen molar-refractivity contribution in [3.8, 4) is 22.3 Å². The van der Waals surface area contributed by atoms with Crippen molar-refractivity contribution in [3.63, 3.8) is 0 Å². The van der Waals surface area contributed by atoms with Gasteiger partial charge in [0.2, 0.25) is 0 Å². The van der Waals surface area contributed by atoms with Crippen molar-refractivity contribution in [2.24, 2.45) is 0 Å². The zero-order valence-corrected chi connectivity index (χ0v) is 32.4. The molecule has 2 aromatic heterocycles. The van der Waals surface area contributed by atoms with E-state index in [4.69, 9.17) is 0 Å². The summed E-state index contributed by atoms with van der Waals surface area (Å²) in [5.41, 5.74) is 15.0. The van der Waals surface area contributed by atoms with Gasteiger partial charge in [-0.2, -0.15) is 0 Å². The first-order valence-corrected chi connectivity index (χ1v) is 22.8. The van der Waals surface area contributed by atoms with Crippen LogP contribution >= 0.6 is 11.3 Å². The van der Waals surface area contributed by atoms with Gasteiger partial charge in [0.15, 0.2) is 8.07 Å². The van der Waals surface area contributed by atoms with Crippen LogP contribution in [0.1, 0.15) is 0 Å².